The first-order valence-electron chi connectivity index (χ1n) is 8.01. The van der Waals surface area contributed by atoms with Gasteiger partial charge in [-0.15, -0.1) is 0 Å². The first-order chi connectivity index (χ1) is 10.3. The van der Waals surface area contributed by atoms with Crippen LogP contribution in [0.4, 0.5) is 5.69 Å². The van der Waals surface area contributed by atoms with Crippen LogP contribution in [0, 0.1) is 48.5 Å². The Morgan fingerprint density at radius 1 is 0.636 bits per heavy atom. The third-order valence-electron chi connectivity index (χ3n) is 5.92. The standard InChI is InChI=1S/C21H25N/c1-10-12(3)16(7)20-18(14(10)5)9-19-15(6)11(2)13(4)17(8)21(19)22-20/h1,9H2,2-8H3. The molecule has 2 aromatic carbocycles. The van der Waals surface area contributed by atoms with Crippen molar-refractivity contribution in [2.24, 2.45) is 4.99 Å². The molecule has 0 N–H and O–H groups in total. The van der Waals surface area contributed by atoms with Crippen molar-refractivity contribution in [1.82, 2.24) is 0 Å². The minimum absolute atomic E-state index is 0.984. The van der Waals surface area contributed by atoms with Gasteiger partial charge in [0.2, 0.25) is 0 Å². The van der Waals surface area contributed by atoms with Crippen molar-refractivity contribution in [3.8, 4) is 0 Å². The molecule has 0 saturated heterocycles. The van der Waals surface area contributed by atoms with E-state index in [9.17, 15) is 0 Å². The van der Waals surface area contributed by atoms with E-state index in [0.717, 1.165) is 6.42 Å². The summed E-state index contributed by atoms with van der Waals surface area (Å²) in [6, 6.07) is 0. The minimum Gasteiger partial charge on any atom is -0.248 e. The molecule has 0 saturated carbocycles. The largest absolute Gasteiger partial charge is 0.248 e. The fourth-order valence-electron chi connectivity index (χ4n) is 3.67. The maximum atomic E-state index is 5.11. The van der Waals surface area contributed by atoms with Crippen molar-refractivity contribution in [3.63, 3.8) is 0 Å². The second kappa shape index (κ2) is 4.81. The highest BCUT2D eigenvalue weighted by Crippen LogP contribution is 2.36. The molecule has 0 aliphatic carbocycles. The topological polar surface area (TPSA) is 12.4 Å². The molecule has 1 aliphatic heterocycles. The van der Waals surface area contributed by atoms with Crippen LogP contribution in [0.25, 0.3) is 6.58 Å². The summed E-state index contributed by atoms with van der Waals surface area (Å²) in [6.45, 7) is 19.7. The molecule has 0 spiro atoms. The van der Waals surface area contributed by atoms with Gasteiger partial charge in [-0.05, 0) is 104 Å². The summed E-state index contributed by atoms with van der Waals surface area (Å²) in [5.41, 5.74) is 13.4. The molecule has 0 aromatic heterocycles. The molecule has 1 heteroatoms. The van der Waals surface area contributed by atoms with Crippen LogP contribution in [0.1, 0.15) is 50.1 Å². The van der Waals surface area contributed by atoms with E-state index in [-0.39, 0.29) is 0 Å². The van der Waals surface area contributed by atoms with E-state index in [1.54, 1.807) is 0 Å². The average molecular weight is 291 g/mol. The van der Waals surface area contributed by atoms with Crippen LogP contribution in [-0.2, 0) is 6.42 Å². The number of fused-ring (bicyclic) bond motifs is 2. The van der Waals surface area contributed by atoms with Gasteiger partial charge in [-0.2, -0.15) is 0 Å². The van der Waals surface area contributed by atoms with Crippen molar-refractivity contribution in [2.45, 2.75) is 54.9 Å². The number of benzene rings is 2. The van der Waals surface area contributed by atoms with Crippen LogP contribution < -0.4 is 10.6 Å². The molecule has 0 bridgehead atoms. The molecule has 2 aromatic rings. The monoisotopic (exact) mass is 291 g/mol. The molecule has 0 amide bonds. The Morgan fingerprint density at radius 2 is 1.23 bits per heavy atom. The van der Waals surface area contributed by atoms with Gasteiger partial charge in [0.05, 0.1) is 11.0 Å². The summed E-state index contributed by atoms with van der Waals surface area (Å²) >= 11 is 0. The lowest BCUT2D eigenvalue weighted by atomic mass is 9.84. The Hall–Kier alpha value is -1.89. The molecular weight excluding hydrogens is 266 g/mol. The number of nitrogens with zero attached hydrogens (tertiary/aromatic N) is 1. The van der Waals surface area contributed by atoms with Gasteiger partial charge in [-0.3, -0.25) is 0 Å². The number of hydrogen-bond acceptors (Lipinski definition) is 1. The molecule has 0 radical (unpaired) electrons. The maximum Gasteiger partial charge on any atom is 0.0707 e. The maximum absolute atomic E-state index is 5.11. The Kier molecular flexibility index (Phi) is 3.28. The summed E-state index contributed by atoms with van der Waals surface area (Å²) in [5.74, 6) is 0. The average Bonchev–Trinajstić information content (AvgIpc) is 2.52. The van der Waals surface area contributed by atoms with Crippen LogP contribution in [0.3, 0.4) is 0 Å². The zero-order chi connectivity index (χ0) is 16.3. The molecule has 0 atom stereocenters. The lowest BCUT2D eigenvalue weighted by Crippen LogP contribution is -2.28. The first kappa shape index (κ1) is 15.0. The van der Waals surface area contributed by atoms with Gasteiger partial charge in [0, 0.05) is 6.42 Å². The lowest BCUT2D eigenvalue weighted by Gasteiger charge is -2.24. The van der Waals surface area contributed by atoms with Crippen LogP contribution in [0.15, 0.2) is 4.99 Å². The minimum atomic E-state index is 0.984. The Labute approximate surface area is 133 Å². The second-order valence-electron chi connectivity index (χ2n) is 6.80. The Balaban J connectivity index is 2.51. The Bertz CT molecular complexity index is 930. The molecule has 1 heterocycles. The predicted molar refractivity (Wildman–Crippen MR) is 94.8 cm³/mol. The normalized spacial score (nSPS) is 12.7. The summed E-state index contributed by atoms with van der Waals surface area (Å²) in [4.78, 5) is 5.11. The van der Waals surface area contributed by atoms with Crippen molar-refractivity contribution < 1.29 is 0 Å². The summed E-state index contributed by atoms with van der Waals surface area (Å²) in [5, 5.41) is 2.36. The smallest absolute Gasteiger partial charge is 0.0707 e. The number of hydrogen-bond donors (Lipinski definition) is 0. The molecule has 3 rings (SSSR count). The zero-order valence-corrected chi connectivity index (χ0v) is 14.9. The molecule has 1 nitrogen and oxygen atoms in total. The van der Waals surface area contributed by atoms with E-state index < -0.39 is 0 Å². The molecule has 22 heavy (non-hydrogen) atoms. The van der Waals surface area contributed by atoms with E-state index in [0.29, 0.717) is 0 Å². The fraction of sp³-hybridized carbons (Fsp3) is 0.381. The van der Waals surface area contributed by atoms with Gasteiger partial charge >= 0.3 is 0 Å². The van der Waals surface area contributed by atoms with Gasteiger partial charge in [0.25, 0.3) is 0 Å². The van der Waals surface area contributed by atoms with E-state index in [2.05, 4.69) is 55.0 Å². The van der Waals surface area contributed by atoms with Gasteiger partial charge in [-0.25, -0.2) is 4.99 Å². The van der Waals surface area contributed by atoms with Gasteiger partial charge < -0.3 is 0 Å². The van der Waals surface area contributed by atoms with Crippen molar-refractivity contribution in [1.29, 1.82) is 0 Å². The lowest BCUT2D eigenvalue weighted by molar-refractivity contribution is 0.985. The highest BCUT2D eigenvalue weighted by atomic mass is 14.8. The second-order valence-corrected chi connectivity index (χ2v) is 6.80. The van der Waals surface area contributed by atoms with Crippen LogP contribution in [0.2, 0.25) is 0 Å². The first-order valence-corrected chi connectivity index (χ1v) is 8.01. The van der Waals surface area contributed by atoms with Crippen LogP contribution in [0.5, 0.6) is 0 Å². The SMILES string of the molecule is C=c1c(C)c(C)c2c(c1C)Cc1c(C)c(C)c(C)c(C)c1N=2. The molecule has 0 fully saturated rings. The fourth-order valence-corrected chi connectivity index (χ4v) is 3.67. The third-order valence-corrected chi connectivity index (χ3v) is 5.92. The third kappa shape index (κ3) is 1.81. The van der Waals surface area contributed by atoms with Gasteiger partial charge in [0.15, 0.2) is 0 Å². The van der Waals surface area contributed by atoms with E-state index in [1.807, 2.05) is 0 Å². The van der Waals surface area contributed by atoms with E-state index in [4.69, 9.17) is 4.99 Å². The van der Waals surface area contributed by atoms with Crippen molar-refractivity contribution >= 4 is 12.3 Å². The van der Waals surface area contributed by atoms with E-state index >= 15 is 0 Å². The zero-order valence-electron chi connectivity index (χ0n) is 14.9. The summed E-state index contributed by atoms with van der Waals surface area (Å²) in [7, 11) is 0. The van der Waals surface area contributed by atoms with Gasteiger partial charge in [-0.1, -0.05) is 6.58 Å². The predicted octanol–water partition coefficient (Wildman–Crippen LogP) is 4.11. The quantitative estimate of drug-likeness (QED) is 0.591. The summed E-state index contributed by atoms with van der Waals surface area (Å²) < 4.78 is 0. The molecule has 1 aliphatic rings. The van der Waals surface area contributed by atoms with Crippen LogP contribution in [-0.4, -0.2) is 0 Å². The highest BCUT2D eigenvalue weighted by Gasteiger charge is 2.21. The highest BCUT2D eigenvalue weighted by molar-refractivity contribution is 5.65. The van der Waals surface area contributed by atoms with Crippen molar-refractivity contribution in [2.75, 3.05) is 0 Å². The van der Waals surface area contributed by atoms with Crippen LogP contribution >= 0.6 is 0 Å². The number of rotatable bonds is 0. The molecular formula is C21H25N. The van der Waals surface area contributed by atoms with E-state index in [1.165, 1.54) is 66.3 Å². The summed E-state index contributed by atoms with van der Waals surface area (Å²) in [6.07, 6.45) is 0.984. The van der Waals surface area contributed by atoms with Gasteiger partial charge in [0.1, 0.15) is 0 Å². The molecule has 0 unspecified atom stereocenters. The van der Waals surface area contributed by atoms with Crippen molar-refractivity contribution in [3.05, 3.63) is 60.6 Å². The Morgan fingerprint density at radius 3 is 1.86 bits per heavy atom. The molecule has 114 valence electrons.